The zero-order chi connectivity index (χ0) is 14.9. The van der Waals surface area contributed by atoms with E-state index in [-0.39, 0.29) is 0 Å². The third-order valence-electron chi connectivity index (χ3n) is 4.30. The Morgan fingerprint density at radius 3 is 2.68 bits per heavy atom. The van der Waals surface area contributed by atoms with E-state index >= 15 is 0 Å². The number of pyridine rings is 1. The quantitative estimate of drug-likeness (QED) is 0.751. The Bertz CT molecular complexity index is 841. The van der Waals surface area contributed by atoms with Gasteiger partial charge in [-0.1, -0.05) is 35.9 Å². The topological polar surface area (TPSA) is 40.7 Å². The molecule has 0 fully saturated rings. The summed E-state index contributed by atoms with van der Waals surface area (Å²) in [5.74, 6) is 0. The molecule has 1 aliphatic rings. The van der Waals surface area contributed by atoms with Crippen molar-refractivity contribution in [3.8, 4) is 11.3 Å². The monoisotopic (exact) mass is 289 g/mol. The number of nitrogens with zero attached hydrogens (tertiary/aromatic N) is 1. The van der Waals surface area contributed by atoms with Gasteiger partial charge in [-0.2, -0.15) is 0 Å². The van der Waals surface area contributed by atoms with Gasteiger partial charge >= 0.3 is 0 Å². The Morgan fingerprint density at radius 1 is 1.05 bits per heavy atom. The second-order valence-electron chi connectivity index (χ2n) is 5.84. The summed E-state index contributed by atoms with van der Waals surface area (Å²) in [5, 5.41) is 4.57. The first-order valence-corrected chi connectivity index (χ1v) is 7.76. The van der Waals surface area contributed by atoms with Gasteiger partial charge in [-0.05, 0) is 37.6 Å². The summed E-state index contributed by atoms with van der Waals surface area (Å²) in [6.07, 6.45) is 5.44. The average molecular weight is 289 g/mol. The Hall–Kier alpha value is -2.39. The highest BCUT2D eigenvalue weighted by Gasteiger charge is 2.12. The van der Waals surface area contributed by atoms with Gasteiger partial charge < -0.3 is 10.3 Å². The number of aryl methyl sites for hydroxylation is 1. The van der Waals surface area contributed by atoms with Crippen LogP contribution in [0, 0.1) is 6.92 Å². The largest absolute Gasteiger partial charge is 0.346 e. The van der Waals surface area contributed by atoms with Gasteiger partial charge in [-0.25, -0.2) is 4.98 Å². The number of aromatic amines is 1. The van der Waals surface area contributed by atoms with Gasteiger partial charge in [0.1, 0.15) is 5.65 Å². The first kappa shape index (κ1) is 13.3. The van der Waals surface area contributed by atoms with Gasteiger partial charge in [0, 0.05) is 29.3 Å². The zero-order valence-corrected chi connectivity index (χ0v) is 12.7. The fraction of sp³-hybridized carbons (Fsp3) is 0.211. The molecule has 3 heteroatoms. The van der Waals surface area contributed by atoms with Crippen LogP contribution in [0.15, 0.2) is 48.7 Å². The van der Waals surface area contributed by atoms with Crippen LogP contribution < -0.4 is 5.32 Å². The number of hydrogen-bond acceptors (Lipinski definition) is 2. The highest BCUT2D eigenvalue weighted by molar-refractivity contribution is 5.92. The standard InChI is InChI=1S/C19H19N3/c1-13-2-4-15(5-3-13)18-7-6-16-17(12-21-19(16)22-18)14-8-10-20-11-9-14/h2-8,12,20H,9-11H2,1H3,(H,21,22). The molecular formula is C19H19N3. The van der Waals surface area contributed by atoms with Crippen LogP contribution in [0.5, 0.6) is 0 Å². The molecule has 3 heterocycles. The van der Waals surface area contributed by atoms with E-state index in [1.165, 1.54) is 22.1 Å². The summed E-state index contributed by atoms with van der Waals surface area (Å²) in [5.41, 5.74) is 7.11. The molecule has 110 valence electrons. The lowest BCUT2D eigenvalue weighted by Gasteiger charge is -2.13. The summed E-state index contributed by atoms with van der Waals surface area (Å²) in [6, 6.07) is 12.8. The number of aromatic nitrogens is 2. The third-order valence-corrected chi connectivity index (χ3v) is 4.30. The number of nitrogens with one attached hydrogen (secondary N) is 2. The number of rotatable bonds is 2. The maximum absolute atomic E-state index is 4.79. The van der Waals surface area contributed by atoms with Crippen molar-refractivity contribution in [3.63, 3.8) is 0 Å². The van der Waals surface area contributed by atoms with Gasteiger partial charge in [-0.15, -0.1) is 0 Å². The van der Waals surface area contributed by atoms with Crippen LogP contribution in [-0.4, -0.2) is 23.1 Å². The summed E-state index contributed by atoms with van der Waals surface area (Å²) in [7, 11) is 0. The number of hydrogen-bond donors (Lipinski definition) is 2. The first-order valence-electron chi connectivity index (χ1n) is 7.76. The van der Waals surface area contributed by atoms with E-state index in [2.05, 4.69) is 65.9 Å². The highest BCUT2D eigenvalue weighted by Crippen LogP contribution is 2.29. The molecular weight excluding hydrogens is 270 g/mol. The molecule has 3 aromatic rings. The van der Waals surface area contributed by atoms with Crippen LogP contribution in [0.4, 0.5) is 0 Å². The van der Waals surface area contributed by atoms with Crippen molar-refractivity contribution in [3.05, 3.63) is 59.8 Å². The minimum absolute atomic E-state index is 0.955. The van der Waals surface area contributed by atoms with Gasteiger partial charge in [0.15, 0.2) is 0 Å². The Balaban J connectivity index is 1.76. The third kappa shape index (κ3) is 2.34. The summed E-state index contributed by atoms with van der Waals surface area (Å²) >= 11 is 0. The fourth-order valence-electron chi connectivity index (χ4n) is 3.02. The van der Waals surface area contributed by atoms with Gasteiger partial charge in [0.25, 0.3) is 0 Å². The maximum atomic E-state index is 4.79. The van der Waals surface area contributed by atoms with Crippen molar-refractivity contribution in [1.82, 2.24) is 15.3 Å². The van der Waals surface area contributed by atoms with Gasteiger partial charge in [-0.3, -0.25) is 0 Å². The van der Waals surface area contributed by atoms with Crippen molar-refractivity contribution in [2.24, 2.45) is 0 Å². The van der Waals surface area contributed by atoms with Gasteiger partial charge in [0.05, 0.1) is 5.69 Å². The Kier molecular flexibility index (Phi) is 3.28. The smallest absolute Gasteiger partial charge is 0.138 e. The molecule has 1 aliphatic heterocycles. The first-order chi connectivity index (χ1) is 10.8. The lowest BCUT2D eigenvalue weighted by molar-refractivity contribution is 0.739. The lowest BCUT2D eigenvalue weighted by Crippen LogP contribution is -2.19. The molecule has 0 radical (unpaired) electrons. The molecule has 0 unspecified atom stereocenters. The minimum Gasteiger partial charge on any atom is -0.346 e. The van der Waals surface area contributed by atoms with Crippen molar-refractivity contribution in [1.29, 1.82) is 0 Å². The predicted octanol–water partition coefficient (Wildman–Crippen LogP) is 3.92. The number of fused-ring (bicyclic) bond motifs is 1. The molecule has 3 nitrogen and oxygen atoms in total. The normalized spacial score (nSPS) is 15.0. The lowest BCUT2D eigenvalue weighted by atomic mass is 10.00. The Labute approximate surface area is 130 Å². The summed E-state index contributed by atoms with van der Waals surface area (Å²) < 4.78 is 0. The van der Waals surface area contributed by atoms with E-state index in [1.807, 2.05) is 0 Å². The molecule has 4 rings (SSSR count). The molecule has 0 amide bonds. The van der Waals surface area contributed by atoms with E-state index in [4.69, 9.17) is 4.98 Å². The fourth-order valence-corrected chi connectivity index (χ4v) is 3.02. The maximum Gasteiger partial charge on any atom is 0.138 e. The number of benzene rings is 1. The molecule has 1 aromatic carbocycles. The molecule has 0 spiro atoms. The summed E-state index contributed by atoms with van der Waals surface area (Å²) in [6.45, 7) is 4.11. The SMILES string of the molecule is Cc1ccc(-c2ccc3c(C4=CCNCC4)c[nH]c3n2)cc1. The van der Waals surface area contributed by atoms with E-state index in [9.17, 15) is 0 Å². The molecule has 0 atom stereocenters. The highest BCUT2D eigenvalue weighted by atomic mass is 14.9. The molecule has 0 aliphatic carbocycles. The minimum atomic E-state index is 0.955. The van der Waals surface area contributed by atoms with Crippen LogP contribution >= 0.6 is 0 Å². The van der Waals surface area contributed by atoms with Crippen molar-refractivity contribution in [2.75, 3.05) is 13.1 Å². The van der Waals surface area contributed by atoms with Crippen LogP contribution in [0.3, 0.4) is 0 Å². The van der Waals surface area contributed by atoms with E-state index in [0.29, 0.717) is 0 Å². The second kappa shape index (κ2) is 5.43. The summed E-state index contributed by atoms with van der Waals surface area (Å²) in [4.78, 5) is 8.13. The predicted molar refractivity (Wildman–Crippen MR) is 91.7 cm³/mol. The van der Waals surface area contributed by atoms with Gasteiger partial charge in [0.2, 0.25) is 0 Å². The van der Waals surface area contributed by atoms with Crippen molar-refractivity contribution in [2.45, 2.75) is 13.3 Å². The second-order valence-corrected chi connectivity index (χ2v) is 5.84. The van der Waals surface area contributed by atoms with Crippen LogP contribution in [0.2, 0.25) is 0 Å². The molecule has 0 bridgehead atoms. The van der Waals surface area contributed by atoms with Crippen LogP contribution in [-0.2, 0) is 0 Å². The molecule has 22 heavy (non-hydrogen) atoms. The average Bonchev–Trinajstić information content (AvgIpc) is 2.99. The van der Waals surface area contributed by atoms with E-state index in [0.717, 1.165) is 36.4 Å². The van der Waals surface area contributed by atoms with E-state index < -0.39 is 0 Å². The van der Waals surface area contributed by atoms with Crippen molar-refractivity contribution < 1.29 is 0 Å². The van der Waals surface area contributed by atoms with Crippen molar-refractivity contribution >= 4 is 16.6 Å². The number of H-pyrrole nitrogens is 1. The van der Waals surface area contributed by atoms with Crippen LogP contribution in [0.1, 0.15) is 17.5 Å². The molecule has 2 aromatic heterocycles. The zero-order valence-electron chi connectivity index (χ0n) is 12.7. The molecule has 0 saturated heterocycles. The van der Waals surface area contributed by atoms with Crippen LogP contribution in [0.25, 0.3) is 27.9 Å². The Morgan fingerprint density at radius 2 is 1.91 bits per heavy atom. The molecule has 0 saturated carbocycles. The molecule has 2 N–H and O–H groups in total. The van der Waals surface area contributed by atoms with E-state index in [1.54, 1.807) is 0 Å².